The second-order valence-electron chi connectivity index (χ2n) is 3.87. The Morgan fingerprint density at radius 3 is 2.89 bits per heavy atom. The predicted octanol–water partition coefficient (Wildman–Crippen LogP) is 2.13. The van der Waals surface area contributed by atoms with Gasteiger partial charge >= 0.3 is 6.01 Å². The molecule has 1 aliphatic heterocycles. The number of benzene rings is 1. The smallest absolute Gasteiger partial charge is 0.319 e. The summed E-state index contributed by atoms with van der Waals surface area (Å²) in [7, 11) is 0. The fraction of sp³-hybridized carbons (Fsp3) is 0.167. The van der Waals surface area contributed by atoms with Crippen molar-refractivity contribution in [2.45, 2.75) is 6.61 Å². The second kappa shape index (κ2) is 4.93. The summed E-state index contributed by atoms with van der Waals surface area (Å²) in [6.45, 7) is 0.581. The molecule has 0 aliphatic carbocycles. The fourth-order valence-electron chi connectivity index (χ4n) is 1.66. The maximum atomic E-state index is 5.60. The van der Waals surface area contributed by atoms with E-state index >= 15 is 0 Å². The molecule has 0 atom stereocenters. The molecule has 2 aromatic rings. The molecular formula is C12H10BrN3O3. The zero-order valence-corrected chi connectivity index (χ0v) is 11.4. The summed E-state index contributed by atoms with van der Waals surface area (Å²) in [6, 6.07) is 7.44. The van der Waals surface area contributed by atoms with E-state index in [-0.39, 0.29) is 12.8 Å². The second-order valence-corrected chi connectivity index (χ2v) is 4.69. The van der Waals surface area contributed by atoms with E-state index in [4.69, 9.17) is 19.9 Å². The van der Waals surface area contributed by atoms with Gasteiger partial charge in [-0.25, -0.2) is 0 Å². The van der Waals surface area contributed by atoms with Gasteiger partial charge in [0, 0.05) is 6.07 Å². The molecule has 1 aromatic heterocycles. The van der Waals surface area contributed by atoms with Crippen LogP contribution in [0.25, 0.3) is 0 Å². The minimum atomic E-state index is 0.226. The van der Waals surface area contributed by atoms with E-state index in [1.54, 1.807) is 6.07 Å². The lowest BCUT2D eigenvalue weighted by Crippen LogP contribution is -2.02. The number of aromatic nitrogens is 2. The summed E-state index contributed by atoms with van der Waals surface area (Å²) in [5.41, 5.74) is 6.54. The van der Waals surface area contributed by atoms with Gasteiger partial charge in [-0.15, -0.1) is 0 Å². The lowest BCUT2D eigenvalue weighted by atomic mass is 10.2. The number of ether oxygens (including phenoxy) is 3. The molecule has 19 heavy (non-hydrogen) atoms. The number of nitrogens with zero attached hydrogens (tertiary/aromatic N) is 2. The number of nitrogen functional groups attached to an aromatic ring is 1. The monoisotopic (exact) mass is 323 g/mol. The Kier molecular flexibility index (Phi) is 3.12. The van der Waals surface area contributed by atoms with Gasteiger partial charge in [0.05, 0.1) is 0 Å². The molecule has 0 saturated heterocycles. The van der Waals surface area contributed by atoms with E-state index in [1.807, 2.05) is 18.2 Å². The zero-order chi connectivity index (χ0) is 13.2. The first-order valence-electron chi connectivity index (χ1n) is 5.52. The molecule has 0 fully saturated rings. The average molecular weight is 324 g/mol. The van der Waals surface area contributed by atoms with Crippen LogP contribution in [-0.4, -0.2) is 16.8 Å². The van der Waals surface area contributed by atoms with Crippen LogP contribution < -0.4 is 19.9 Å². The van der Waals surface area contributed by atoms with E-state index in [0.29, 0.717) is 17.0 Å². The third-order valence-electron chi connectivity index (χ3n) is 2.50. The molecule has 7 heteroatoms. The molecule has 0 bridgehead atoms. The van der Waals surface area contributed by atoms with Gasteiger partial charge in [-0.1, -0.05) is 6.07 Å². The van der Waals surface area contributed by atoms with Crippen molar-refractivity contribution in [3.63, 3.8) is 0 Å². The van der Waals surface area contributed by atoms with E-state index in [9.17, 15) is 0 Å². The number of hydrogen-bond acceptors (Lipinski definition) is 6. The summed E-state index contributed by atoms with van der Waals surface area (Å²) in [6.07, 6.45) is 0. The van der Waals surface area contributed by atoms with Crippen molar-refractivity contribution in [1.29, 1.82) is 0 Å². The zero-order valence-electron chi connectivity index (χ0n) is 9.80. The number of nitrogens with two attached hydrogens (primary N) is 1. The molecule has 3 rings (SSSR count). The van der Waals surface area contributed by atoms with Gasteiger partial charge in [-0.2, -0.15) is 9.97 Å². The molecular weight excluding hydrogens is 314 g/mol. The highest BCUT2D eigenvalue weighted by Gasteiger charge is 2.13. The van der Waals surface area contributed by atoms with Crippen molar-refractivity contribution in [1.82, 2.24) is 9.97 Å². The lowest BCUT2D eigenvalue weighted by Gasteiger charge is -2.06. The molecule has 0 spiro atoms. The molecule has 2 heterocycles. The van der Waals surface area contributed by atoms with Gasteiger partial charge < -0.3 is 19.9 Å². The van der Waals surface area contributed by atoms with Crippen molar-refractivity contribution in [2.24, 2.45) is 0 Å². The molecule has 0 radical (unpaired) electrons. The Hall–Kier alpha value is -2.02. The number of hydrogen-bond donors (Lipinski definition) is 1. The minimum absolute atomic E-state index is 0.226. The summed E-state index contributed by atoms with van der Waals surface area (Å²) in [4.78, 5) is 8.05. The van der Waals surface area contributed by atoms with Crippen molar-refractivity contribution < 1.29 is 14.2 Å². The Bertz CT molecular complexity index is 601. The van der Waals surface area contributed by atoms with Crippen LogP contribution in [0.2, 0.25) is 0 Å². The van der Waals surface area contributed by atoms with Crippen molar-refractivity contribution in [2.75, 3.05) is 12.5 Å². The van der Waals surface area contributed by atoms with Crippen LogP contribution in [0.3, 0.4) is 0 Å². The van der Waals surface area contributed by atoms with Crippen molar-refractivity contribution >= 4 is 21.7 Å². The quantitative estimate of drug-likeness (QED) is 0.871. The van der Waals surface area contributed by atoms with Gasteiger partial charge in [0.15, 0.2) is 11.5 Å². The normalized spacial score (nSPS) is 12.5. The number of halogens is 1. The molecule has 0 amide bonds. The van der Waals surface area contributed by atoms with E-state index in [2.05, 4.69) is 25.9 Å². The fourth-order valence-corrected chi connectivity index (χ4v) is 2.04. The Morgan fingerprint density at radius 2 is 2.05 bits per heavy atom. The maximum absolute atomic E-state index is 5.60. The topological polar surface area (TPSA) is 79.5 Å². The van der Waals surface area contributed by atoms with Crippen LogP contribution in [0, 0.1) is 0 Å². The van der Waals surface area contributed by atoms with Crippen LogP contribution in [0.15, 0.2) is 28.9 Å². The highest BCUT2D eigenvalue weighted by atomic mass is 79.9. The first kappa shape index (κ1) is 12.0. The largest absolute Gasteiger partial charge is 0.459 e. The SMILES string of the molecule is Nc1cc(Br)nc(OCc2ccc3c(c2)OCO3)n1. The van der Waals surface area contributed by atoms with E-state index in [0.717, 1.165) is 17.1 Å². The standard InChI is InChI=1S/C12H10BrN3O3/c13-10-4-11(14)16-12(15-10)17-5-7-1-2-8-9(3-7)19-6-18-8/h1-4H,5-6H2,(H2,14,15,16). The first-order valence-corrected chi connectivity index (χ1v) is 6.31. The van der Waals surface area contributed by atoms with Gasteiger partial charge in [-0.3, -0.25) is 0 Å². The first-order chi connectivity index (χ1) is 9.20. The minimum Gasteiger partial charge on any atom is -0.459 e. The van der Waals surface area contributed by atoms with Crippen LogP contribution in [0.4, 0.5) is 5.82 Å². The number of fused-ring (bicyclic) bond motifs is 1. The summed E-state index contributed by atoms with van der Waals surface area (Å²) in [5.74, 6) is 1.81. The van der Waals surface area contributed by atoms with Crippen LogP contribution in [0.1, 0.15) is 5.56 Å². The lowest BCUT2D eigenvalue weighted by molar-refractivity contribution is 0.174. The van der Waals surface area contributed by atoms with Gasteiger partial charge in [-0.05, 0) is 33.6 Å². The molecule has 2 N–H and O–H groups in total. The predicted molar refractivity (Wildman–Crippen MR) is 71.0 cm³/mol. The Balaban J connectivity index is 1.72. The van der Waals surface area contributed by atoms with Crippen LogP contribution >= 0.6 is 15.9 Å². The van der Waals surface area contributed by atoms with Crippen LogP contribution in [0.5, 0.6) is 17.5 Å². The van der Waals surface area contributed by atoms with Gasteiger partial charge in [0.1, 0.15) is 17.0 Å². The maximum Gasteiger partial charge on any atom is 0.319 e. The van der Waals surface area contributed by atoms with E-state index in [1.165, 1.54) is 0 Å². The van der Waals surface area contributed by atoms with Crippen molar-refractivity contribution in [3.05, 3.63) is 34.4 Å². The summed E-state index contributed by atoms with van der Waals surface area (Å²) in [5, 5.41) is 0. The van der Waals surface area contributed by atoms with Gasteiger partial charge in [0.2, 0.25) is 6.79 Å². The third kappa shape index (κ3) is 2.70. The Morgan fingerprint density at radius 1 is 1.21 bits per heavy atom. The molecule has 6 nitrogen and oxygen atoms in total. The summed E-state index contributed by atoms with van der Waals surface area (Å²) < 4.78 is 16.6. The molecule has 1 aromatic carbocycles. The molecule has 98 valence electrons. The van der Waals surface area contributed by atoms with E-state index < -0.39 is 0 Å². The van der Waals surface area contributed by atoms with Gasteiger partial charge in [0.25, 0.3) is 0 Å². The molecule has 0 saturated carbocycles. The van der Waals surface area contributed by atoms with Crippen LogP contribution in [-0.2, 0) is 6.61 Å². The number of rotatable bonds is 3. The third-order valence-corrected chi connectivity index (χ3v) is 2.91. The average Bonchev–Trinajstić information content (AvgIpc) is 2.82. The molecule has 0 unspecified atom stereocenters. The highest BCUT2D eigenvalue weighted by Crippen LogP contribution is 2.32. The highest BCUT2D eigenvalue weighted by molar-refractivity contribution is 9.10. The van der Waals surface area contributed by atoms with Crippen molar-refractivity contribution in [3.8, 4) is 17.5 Å². The number of anilines is 1. The molecule has 1 aliphatic rings. The Labute approximate surface area is 117 Å². The summed E-state index contributed by atoms with van der Waals surface area (Å²) >= 11 is 3.23.